The van der Waals surface area contributed by atoms with Gasteiger partial charge in [0.2, 0.25) is 0 Å². The summed E-state index contributed by atoms with van der Waals surface area (Å²) in [6.45, 7) is 2.68. The van der Waals surface area contributed by atoms with Crippen LogP contribution in [0.3, 0.4) is 0 Å². The molecule has 4 unspecified atom stereocenters. The van der Waals surface area contributed by atoms with Crippen molar-refractivity contribution < 1.29 is 18.9 Å². The van der Waals surface area contributed by atoms with Gasteiger partial charge in [-0.3, -0.25) is 0 Å². The van der Waals surface area contributed by atoms with Crippen molar-refractivity contribution in [2.24, 2.45) is 5.92 Å². The monoisotopic (exact) mass is 262 g/mol. The number of benzene rings is 1. The molecule has 0 N–H and O–H groups in total. The van der Waals surface area contributed by atoms with Gasteiger partial charge in [-0.25, -0.2) is 0 Å². The van der Waals surface area contributed by atoms with Gasteiger partial charge in [0, 0.05) is 11.5 Å². The second kappa shape index (κ2) is 5.23. The first-order chi connectivity index (χ1) is 9.28. The Morgan fingerprint density at radius 2 is 2.00 bits per heavy atom. The number of fused-ring (bicyclic) bond motifs is 1. The summed E-state index contributed by atoms with van der Waals surface area (Å²) < 4.78 is 22.4. The van der Waals surface area contributed by atoms with E-state index in [0.717, 1.165) is 11.3 Å². The minimum Gasteiger partial charge on any atom is -0.497 e. The summed E-state index contributed by atoms with van der Waals surface area (Å²) in [5.74, 6) is 1.16. The molecular formula is C15H18O4. The normalized spacial score (nSPS) is 33.4. The van der Waals surface area contributed by atoms with Gasteiger partial charge in [-0.1, -0.05) is 19.1 Å². The SMILES string of the molecule is COc1ccc(C2OCC3OC=CC(C)C3O2)cc1. The van der Waals surface area contributed by atoms with E-state index in [1.165, 1.54) is 0 Å². The van der Waals surface area contributed by atoms with Crippen molar-refractivity contribution in [2.45, 2.75) is 25.4 Å². The van der Waals surface area contributed by atoms with Crippen LogP contribution in [0.25, 0.3) is 0 Å². The number of ether oxygens (including phenoxy) is 4. The molecule has 19 heavy (non-hydrogen) atoms. The molecule has 0 aliphatic carbocycles. The summed E-state index contributed by atoms with van der Waals surface area (Å²) in [5.41, 5.74) is 1.00. The number of hydrogen-bond donors (Lipinski definition) is 0. The smallest absolute Gasteiger partial charge is 0.184 e. The molecule has 4 nitrogen and oxygen atoms in total. The maximum absolute atomic E-state index is 6.02. The zero-order valence-corrected chi connectivity index (χ0v) is 11.1. The molecule has 4 heteroatoms. The van der Waals surface area contributed by atoms with Gasteiger partial charge in [0.1, 0.15) is 18.0 Å². The zero-order valence-electron chi connectivity index (χ0n) is 11.1. The lowest BCUT2D eigenvalue weighted by atomic mass is 9.97. The molecule has 0 aromatic heterocycles. The first-order valence-corrected chi connectivity index (χ1v) is 6.51. The lowest BCUT2D eigenvalue weighted by Gasteiger charge is -2.40. The van der Waals surface area contributed by atoms with E-state index in [9.17, 15) is 0 Å². The molecule has 0 amide bonds. The third-order valence-corrected chi connectivity index (χ3v) is 3.60. The van der Waals surface area contributed by atoms with E-state index >= 15 is 0 Å². The summed E-state index contributed by atoms with van der Waals surface area (Å²) in [6, 6.07) is 7.76. The van der Waals surface area contributed by atoms with Crippen LogP contribution >= 0.6 is 0 Å². The zero-order chi connectivity index (χ0) is 13.2. The second-order valence-electron chi connectivity index (χ2n) is 4.90. The molecule has 0 spiro atoms. The first-order valence-electron chi connectivity index (χ1n) is 6.51. The van der Waals surface area contributed by atoms with Gasteiger partial charge >= 0.3 is 0 Å². The highest BCUT2D eigenvalue weighted by atomic mass is 16.7. The molecule has 1 saturated heterocycles. The average Bonchev–Trinajstić information content (AvgIpc) is 2.47. The van der Waals surface area contributed by atoms with Gasteiger partial charge in [-0.2, -0.15) is 0 Å². The molecule has 2 aliphatic rings. The van der Waals surface area contributed by atoms with Crippen molar-refractivity contribution in [2.75, 3.05) is 13.7 Å². The largest absolute Gasteiger partial charge is 0.497 e. The summed E-state index contributed by atoms with van der Waals surface area (Å²) in [7, 11) is 1.65. The van der Waals surface area contributed by atoms with Crippen molar-refractivity contribution in [3.05, 3.63) is 42.2 Å². The van der Waals surface area contributed by atoms with E-state index < -0.39 is 0 Å². The molecule has 4 atom stereocenters. The van der Waals surface area contributed by atoms with Crippen LogP contribution in [0.2, 0.25) is 0 Å². The fourth-order valence-corrected chi connectivity index (χ4v) is 2.44. The number of hydrogen-bond acceptors (Lipinski definition) is 4. The molecule has 2 aliphatic heterocycles. The topological polar surface area (TPSA) is 36.9 Å². The predicted molar refractivity (Wildman–Crippen MR) is 69.7 cm³/mol. The van der Waals surface area contributed by atoms with Crippen LogP contribution in [-0.2, 0) is 14.2 Å². The Morgan fingerprint density at radius 3 is 2.74 bits per heavy atom. The Labute approximate surface area is 112 Å². The molecule has 2 heterocycles. The van der Waals surface area contributed by atoms with Crippen LogP contribution in [0.15, 0.2) is 36.6 Å². The van der Waals surface area contributed by atoms with Gasteiger partial charge < -0.3 is 18.9 Å². The van der Waals surface area contributed by atoms with E-state index in [4.69, 9.17) is 18.9 Å². The van der Waals surface area contributed by atoms with E-state index in [1.807, 2.05) is 30.3 Å². The lowest BCUT2D eigenvalue weighted by Crippen LogP contribution is -2.46. The molecule has 102 valence electrons. The van der Waals surface area contributed by atoms with E-state index in [-0.39, 0.29) is 18.5 Å². The fraction of sp³-hybridized carbons (Fsp3) is 0.467. The first kappa shape index (κ1) is 12.5. The molecule has 1 fully saturated rings. The highest BCUT2D eigenvalue weighted by Crippen LogP contribution is 2.33. The van der Waals surface area contributed by atoms with Gasteiger partial charge in [0.05, 0.1) is 20.0 Å². The van der Waals surface area contributed by atoms with E-state index in [2.05, 4.69) is 6.92 Å². The number of rotatable bonds is 2. The van der Waals surface area contributed by atoms with Crippen LogP contribution in [0, 0.1) is 5.92 Å². The van der Waals surface area contributed by atoms with Gasteiger partial charge in [0.25, 0.3) is 0 Å². The minimum absolute atomic E-state index is 0.00509. The van der Waals surface area contributed by atoms with Crippen molar-refractivity contribution in [1.29, 1.82) is 0 Å². The summed E-state index contributed by atoms with van der Waals surface area (Å²) in [4.78, 5) is 0. The quantitative estimate of drug-likeness (QED) is 0.821. The van der Waals surface area contributed by atoms with Crippen molar-refractivity contribution in [3.63, 3.8) is 0 Å². The third kappa shape index (κ3) is 2.46. The molecule has 0 radical (unpaired) electrons. The van der Waals surface area contributed by atoms with Gasteiger partial charge in [-0.15, -0.1) is 0 Å². The maximum Gasteiger partial charge on any atom is 0.184 e. The summed E-state index contributed by atoms with van der Waals surface area (Å²) in [5, 5.41) is 0. The third-order valence-electron chi connectivity index (χ3n) is 3.60. The summed E-state index contributed by atoms with van der Waals surface area (Å²) in [6.07, 6.45) is 3.48. The predicted octanol–water partition coefficient (Wildman–Crippen LogP) is 2.66. The number of methoxy groups -OCH3 is 1. The van der Waals surface area contributed by atoms with Crippen molar-refractivity contribution in [1.82, 2.24) is 0 Å². The Hall–Kier alpha value is -1.52. The Bertz CT molecular complexity index is 454. The van der Waals surface area contributed by atoms with Crippen molar-refractivity contribution in [3.8, 4) is 5.75 Å². The van der Waals surface area contributed by atoms with E-state index in [0.29, 0.717) is 12.5 Å². The van der Waals surface area contributed by atoms with E-state index in [1.54, 1.807) is 13.4 Å². The Kier molecular flexibility index (Phi) is 3.44. The van der Waals surface area contributed by atoms with Gasteiger partial charge in [0.15, 0.2) is 6.29 Å². The minimum atomic E-state index is -0.329. The fourth-order valence-electron chi connectivity index (χ4n) is 2.44. The standard InChI is InChI=1S/C15H18O4/c1-10-7-8-17-13-9-18-15(19-14(10)13)11-3-5-12(16-2)6-4-11/h3-8,10,13-15H,9H2,1-2H3. The van der Waals surface area contributed by atoms with Crippen LogP contribution < -0.4 is 4.74 Å². The van der Waals surface area contributed by atoms with Crippen LogP contribution in [0.4, 0.5) is 0 Å². The lowest BCUT2D eigenvalue weighted by molar-refractivity contribution is -0.268. The van der Waals surface area contributed by atoms with Crippen LogP contribution in [0.5, 0.6) is 5.75 Å². The second-order valence-corrected chi connectivity index (χ2v) is 4.90. The molecule has 0 saturated carbocycles. The molecule has 0 bridgehead atoms. The Balaban J connectivity index is 1.74. The highest BCUT2D eigenvalue weighted by Gasteiger charge is 2.38. The molecular weight excluding hydrogens is 244 g/mol. The molecule has 1 aromatic rings. The molecule has 3 rings (SSSR count). The summed E-state index contributed by atoms with van der Waals surface area (Å²) >= 11 is 0. The van der Waals surface area contributed by atoms with Crippen LogP contribution in [0.1, 0.15) is 18.8 Å². The molecule has 1 aromatic carbocycles. The highest BCUT2D eigenvalue weighted by molar-refractivity contribution is 5.28. The maximum atomic E-state index is 6.02. The van der Waals surface area contributed by atoms with Crippen LogP contribution in [-0.4, -0.2) is 25.9 Å². The average molecular weight is 262 g/mol. The van der Waals surface area contributed by atoms with Crippen molar-refractivity contribution >= 4 is 0 Å². The van der Waals surface area contributed by atoms with Gasteiger partial charge in [-0.05, 0) is 18.2 Å². The Morgan fingerprint density at radius 1 is 1.21 bits per heavy atom.